The van der Waals surface area contributed by atoms with Gasteiger partial charge < -0.3 is 5.73 Å². The molecule has 1 fully saturated rings. The van der Waals surface area contributed by atoms with Crippen LogP contribution in [0.3, 0.4) is 0 Å². The highest BCUT2D eigenvalue weighted by Crippen LogP contribution is 2.35. The predicted molar refractivity (Wildman–Crippen MR) is 88.4 cm³/mol. The van der Waals surface area contributed by atoms with Crippen LogP contribution in [0.1, 0.15) is 38.7 Å². The fraction of sp³-hybridized carbons (Fsp3) is 0.600. The van der Waals surface area contributed by atoms with Gasteiger partial charge in [0, 0.05) is 23.6 Å². The van der Waals surface area contributed by atoms with E-state index in [4.69, 9.17) is 5.73 Å². The van der Waals surface area contributed by atoms with E-state index in [0.717, 1.165) is 24.8 Å². The summed E-state index contributed by atoms with van der Waals surface area (Å²) in [7, 11) is -3.44. The molecule has 0 atom stereocenters. The number of nitrogens with zero attached hydrogens (tertiary/aromatic N) is 1. The molecule has 1 saturated carbocycles. The standard InChI is InChI=1S/C15H23BrN2O2S/c1-11(2)7-8-18(13-4-5-13)21(19,20)15-6-3-12(10-17)9-14(15)16/h3,6,9,11,13H,4-5,7-8,10,17H2,1-2H3. The molecule has 0 spiro atoms. The first kappa shape index (κ1) is 16.9. The first-order valence-electron chi connectivity index (χ1n) is 7.36. The van der Waals surface area contributed by atoms with Crippen molar-refractivity contribution in [2.75, 3.05) is 6.54 Å². The molecular weight excluding hydrogens is 352 g/mol. The highest BCUT2D eigenvalue weighted by atomic mass is 79.9. The highest BCUT2D eigenvalue weighted by molar-refractivity contribution is 9.10. The number of halogens is 1. The molecule has 0 unspecified atom stereocenters. The average Bonchev–Trinajstić information content (AvgIpc) is 3.22. The van der Waals surface area contributed by atoms with E-state index >= 15 is 0 Å². The van der Waals surface area contributed by atoms with Crippen molar-refractivity contribution in [2.45, 2.75) is 50.6 Å². The maximum Gasteiger partial charge on any atom is 0.244 e. The van der Waals surface area contributed by atoms with Gasteiger partial charge in [-0.2, -0.15) is 4.31 Å². The van der Waals surface area contributed by atoms with Gasteiger partial charge >= 0.3 is 0 Å². The zero-order valence-electron chi connectivity index (χ0n) is 12.5. The van der Waals surface area contributed by atoms with Gasteiger partial charge in [0.1, 0.15) is 0 Å². The summed E-state index contributed by atoms with van der Waals surface area (Å²) in [5.74, 6) is 0.490. The lowest BCUT2D eigenvalue weighted by Crippen LogP contribution is -2.34. The zero-order valence-corrected chi connectivity index (χ0v) is 15.0. The van der Waals surface area contributed by atoms with Gasteiger partial charge in [-0.05, 0) is 58.8 Å². The summed E-state index contributed by atoms with van der Waals surface area (Å²) < 4.78 is 28.1. The summed E-state index contributed by atoms with van der Waals surface area (Å²) in [6.45, 7) is 5.22. The molecular formula is C15H23BrN2O2S. The van der Waals surface area contributed by atoms with Crippen molar-refractivity contribution in [1.82, 2.24) is 4.31 Å². The normalized spacial score (nSPS) is 15.9. The summed E-state index contributed by atoms with van der Waals surface area (Å²) >= 11 is 3.38. The van der Waals surface area contributed by atoms with Gasteiger partial charge in [-0.15, -0.1) is 0 Å². The van der Waals surface area contributed by atoms with Gasteiger partial charge in [-0.25, -0.2) is 8.42 Å². The molecule has 2 rings (SSSR count). The third-order valence-electron chi connectivity index (χ3n) is 3.70. The van der Waals surface area contributed by atoms with E-state index in [1.807, 2.05) is 0 Å². The third-order valence-corrected chi connectivity index (χ3v) is 6.63. The summed E-state index contributed by atoms with van der Waals surface area (Å²) in [5.41, 5.74) is 6.51. The quantitative estimate of drug-likeness (QED) is 0.797. The molecule has 0 radical (unpaired) electrons. The Morgan fingerprint density at radius 2 is 2.05 bits per heavy atom. The van der Waals surface area contributed by atoms with Crippen LogP contribution in [0.4, 0.5) is 0 Å². The van der Waals surface area contributed by atoms with Gasteiger partial charge in [0.2, 0.25) is 10.0 Å². The molecule has 0 saturated heterocycles. The second-order valence-corrected chi connectivity index (χ2v) is 8.71. The minimum Gasteiger partial charge on any atom is -0.326 e. The van der Waals surface area contributed by atoms with Gasteiger partial charge in [-0.1, -0.05) is 19.9 Å². The Bertz CT molecular complexity index is 598. The van der Waals surface area contributed by atoms with Crippen LogP contribution < -0.4 is 5.73 Å². The molecule has 0 aromatic heterocycles. The highest BCUT2D eigenvalue weighted by Gasteiger charge is 2.38. The number of hydrogen-bond donors (Lipinski definition) is 1. The van der Waals surface area contributed by atoms with Crippen LogP contribution >= 0.6 is 15.9 Å². The summed E-state index contributed by atoms with van der Waals surface area (Å²) in [6, 6.07) is 5.41. The minimum atomic E-state index is -3.44. The van der Waals surface area contributed by atoms with E-state index in [-0.39, 0.29) is 6.04 Å². The second kappa shape index (κ2) is 6.77. The van der Waals surface area contributed by atoms with Crippen molar-refractivity contribution in [3.63, 3.8) is 0 Å². The first-order valence-corrected chi connectivity index (χ1v) is 9.60. The minimum absolute atomic E-state index is 0.176. The van der Waals surface area contributed by atoms with E-state index < -0.39 is 10.0 Å². The van der Waals surface area contributed by atoms with Crippen molar-refractivity contribution in [1.29, 1.82) is 0 Å². The molecule has 0 amide bonds. The predicted octanol–water partition coefficient (Wildman–Crippen LogP) is 3.11. The Kier molecular flexibility index (Phi) is 5.46. The topological polar surface area (TPSA) is 63.4 Å². The lowest BCUT2D eigenvalue weighted by atomic mass is 10.1. The Balaban J connectivity index is 2.29. The van der Waals surface area contributed by atoms with Crippen molar-refractivity contribution in [3.8, 4) is 0 Å². The van der Waals surface area contributed by atoms with Crippen LogP contribution in [0.2, 0.25) is 0 Å². The number of benzene rings is 1. The lowest BCUT2D eigenvalue weighted by molar-refractivity contribution is 0.373. The van der Waals surface area contributed by atoms with Gasteiger partial charge in [0.25, 0.3) is 0 Å². The number of nitrogens with two attached hydrogens (primary N) is 1. The van der Waals surface area contributed by atoms with Gasteiger partial charge in [-0.3, -0.25) is 0 Å². The molecule has 0 bridgehead atoms. The molecule has 118 valence electrons. The Morgan fingerprint density at radius 3 is 2.52 bits per heavy atom. The van der Waals surface area contributed by atoms with Crippen LogP contribution in [-0.4, -0.2) is 25.3 Å². The average molecular weight is 375 g/mol. The van der Waals surface area contributed by atoms with Crippen molar-refractivity contribution < 1.29 is 8.42 Å². The maximum absolute atomic E-state index is 12.9. The first-order chi connectivity index (χ1) is 9.86. The van der Waals surface area contributed by atoms with E-state index in [1.165, 1.54) is 0 Å². The van der Waals surface area contributed by atoms with Crippen molar-refractivity contribution in [3.05, 3.63) is 28.2 Å². The molecule has 4 nitrogen and oxygen atoms in total. The molecule has 0 heterocycles. The van der Waals surface area contributed by atoms with Gasteiger partial charge in [0.05, 0.1) is 4.90 Å². The van der Waals surface area contributed by atoms with Crippen molar-refractivity contribution in [2.24, 2.45) is 11.7 Å². The number of hydrogen-bond acceptors (Lipinski definition) is 3. The summed E-state index contributed by atoms with van der Waals surface area (Å²) in [4.78, 5) is 0.343. The molecule has 21 heavy (non-hydrogen) atoms. The van der Waals surface area contributed by atoms with E-state index in [1.54, 1.807) is 22.5 Å². The molecule has 1 aromatic rings. The van der Waals surface area contributed by atoms with Crippen LogP contribution in [-0.2, 0) is 16.6 Å². The van der Waals surface area contributed by atoms with E-state index in [2.05, 4.69) is 29.8 Å². The Hall–Kier alpha value is -0.430. The second-order valence-electron chi connectivity index (χ2n) is 6.00. The Morgan fingerprint density at radius 1 is 1.38 bits per heavy atom. The number of sulfonamides is 1. The van der Waals surface area contributed by atoms with Crippen LogP contribution in [0.15, 0.2) is 27.6 Å². The zero-order chi connectivity index (χ0) is 15.6. The number of rotatable bonds is 7. The molecule has 1 aromatic carbocycles. The van der Waals surface area contributed by atoms with E-state index in [0.29, 0.717) is 28.4 Å². The van der Waals surface area contributed by atoms with Crippen LogP contribution in [0.25, 0.3) is 0 Å². The van der Waals surface area contributed by atoms with E-state index in [9.17, 15) is 8.42 Å². The SMILES string of the molecule is CC(C)CCN(C1CC1)S(=O)(=O)c1ccc(CN)cc1Br. The largest absolute Gasteiger partial charge is 0.326 e. The Labute approximate surface area is 135 Å². The smallest absolute Gasteiger partial charge is 0.244 e. The molecule has 1 aliphatic rings. The monoisotopic (exact) mass is 374 g/mol. The third kappa shape index (κ3) is 4.06. The molecule has 1 aliphatic carbocycles. The summed E-state index contributed by atoms with van der Waals surface area (Å²) in [6.07, 6.45) is 2.82. The van der Waals surface area contributed by atoms with Gasteiger partial charge in [0.15, 0.2) is 0 Å². The maximum atomic E-state index is 12.9. The summed E-state index contributed by atoms with van der Waals surface area (Å²) in [5, 5.41) is 0. The van der Waals surface area contributed by atoms with Crippen LogP contribution in [0.5, 0.6) is 0 Å². The fourth-order valence-electron chi connectivity index (χ4n) is 2.25. The lowest BCUT2D eigenvalue weighted by Gasteiger charge is -2.23. The molecule has 2 N–H and O–H groups in total. The molecule has 0 aliphatic heterocycles. The molecule has 6 heteroatoms. The van der Waals surface area contributed by atoms with Crippen molar-refractivity contribution >= 4 is 26.0 Å². The van der Waals surface area contributed by atoms with Crippen LogP contribution in [0, 0.1) is 5.92 Å². The fourth-order valence-corrected chi connectivity index (χ4v) is 5.04.